The molecule has 1 atom stereocenters. The zero-order valence-electron chi connectivity index (χ0n) is 18.2. The number of fused-ring (bicyclic) bond motifs is 1. The molecule has 1 aromatic heterocycles. The zero-order valence-corrected chi connectivity index (χ0v) is 19.8. The van der Waals surface area contributed by atoms with Crippen molar-refractivity contribution in [1.29, 1.82) is 0 Å². The van der Waals surface area contributed by atoms with E-state index in [1.54, 1.807) is 11.3 Å². The molecule has 1 aliphatic heterocycles. The first-order chi connectivity index (χ1) is 14.9. The van der Waals surface area contributed by atoms with Crippen molar-refractivity contribution in [2.45, 2.75) is 39.8 Å². The lowest BCUT2D eigenvalue weighted by atomic mass is 10.0. The van der Waals surface area contributed by atoms with Crippen LogP contribution in [-0.4, -0.2) is 48.1 Å². The molecule has 2 heterocycles. The Morgan fingerprint density at radius 2 is 2.03 bits per heavy atom. The third-order valence-electron chi connectivity index (χ3n) is 5.55. The van der Waals surface area contributed by atoms with Gasteiger partial charge in [-0.25, -0.2) is 4.98 Å². The largest absolute Gasteiger partial charge is 0.466 e. The van der Waals surface area contributed by atoms with Crippen LogP contribution in [0.2, 0.25) is 5.02 Å². The predicted octanol–water partition coefficient (Wildman–Crippen LogP) is 5.07. The number of esters is 1. The fourth-order valence-corrected chi connectivity index (χ4v) is 5.62. The number of ether oxygens (including phenoxy) is 1. The summed E-state index contributed by atoms with van der Waals surface area (Å²) < 4.78 is 6.24. The molecule has 1 fully saturated rings. The molecule has 1 aliphatic rings. The monoisotopic (exact) mass is 457 g/mol. The first kappa shape index (κ1) is 22.1. The van der Waals surface area contributed by atoms with Crippen LogP contribution in [0.4, 0.5) is 5.13 Å². The van der Waals surface area contributed by atoms with E-state index in [0.717, 1.165) is 52.1 Å². The van der Waals surface area contributed by atoms with E-state index in [-0.39, 0.29) is 5.97 Å². The summed E-state index contributed by atoms with van der Waals surface area (Å²) in [6.07, 6.45) is 0.328. The second-order valence-corrected chi connectivity index (χ2v) is 9.64. The molecule has 0 aliphatic carbocycles. The smallest absolute Gasteiger partial charge is 0.310 e. The summed E-state index contributed by atoms with van der Waals surface area (Å²) in [6, 6.07) is 12.7. The summed E-state index contributed by atoms with van der Waals surface area (Å²) in [5, 5.41) is 1.82. The van der Waals surface area contributed by atoms with Crippen LogP contribution < -0.4 is 4.90 Å². The van der Waals surface area contributed by atoms with Gasteiger partial charge in [-0.3, -0.25) is 9.69 Å². The Kier molecular flexibility index (Phi) is 6.80. The van der Waals surface area contributed by atoms with E-state index in [1.165, 1.54) is 11.1 Å². The van der Waals surface area contributed by atoms with Gasteiger partial charge in [-0.1, -0.05) is 46.7 Å². The molecule has 0 spiro atoms. The number of nitrogens with zero attached hydrogens (tertiary/aromatic N) is 3. The molecule has 5 nitrogen and oxygen atoms in total. The van der Waals surface area contributed by atoms with Crippen LogP contribution in [0.25, 0.3) is 10.2 Å². The lowest BCUT2D eigenvalue weighted by Gasteiger charge is -2.39. The maximum atomic E-state index is 11.9. The number of benzene rings is 2. The van der Waals surface area contributed by atoms with E-state index < -0.39 is 0 Å². The number of hydrogen-bond donors (Lipinski definition) is 0. The van der Waals surface area contributed by atoms with Crippen LogP contribution in [0.5, 0.6) is 0 Å². The molecule has 2 aromatic carbocycles. The minimum atomic E-state index is -0.168. The van der Waals surface area contributed by atoms with Crippen molar-refractivity contribution in [3.63, 3.8) is 0 Å². The summed E-state index contributed by atoms with van der Waals surface area (Å²) >= 11 is 7.85. The Balaban J connectivity index is 1.42. The highest BCUT2D eigenvalue weighted by Gasteiger charge is 2.26. The quantitative estimate of drug-likeness (QED) is 0.483. The van der Waals surface area contributed by atoms with E-state index in [1.807, 2.05) is 25.1 Å². The normalized spacial score (nSPS) is 17.3. The van der Waals surface area contributed by atoms with Crippen molar-refractivity contribution < 1.29 is 9.53 Å². The lowest BCUT2D eigenvalue weighted by Crippen LogP contribution is -2.51. The third kappa shape index (κ3) is 5.37. The molecule has 0 bridgehead atoms. The average Bonchev–Trinajstić information content (AvgIpc) is 3.10. The molecule has 0 saturated carbocycles. The van der Waals surface area contributed by atoms with Crippen LogP contribution >= 0.6 is 22.9 Å². The van der Waals surface area contributed by atoms with Gasteiger partial charge >= 0.3 is 5.97 Å². The van der Waals surface area contributed by atoms with Gasteiger partial charge in [-0.2, -0.15) is 0 Å². The number of carbonyl (C=O) groups is 1. The minimum absolute atomic E-state index is 0.168. The summed E-state index contributed by atoms with van der Waals surface area (Å²) in [5.74, 6) is -0.168. The number of carbonyl (C=O) groups excluding carboxylic acids is 1. The van der Waals surface area contributed by atoms with Gasteiger partial charge in [0.2, 0.25) is 0 Å². The minimum Gasteiger partial charge on any atom is -0.466 e. The fourth-order valence-electron chi connectivity index (χ4n) is 4.25. The standard InChI is InChI=1S/C24H28ClN3O2S/c1-4-30-23(29)12-18-9-16(2)10-19(11-18)15-27-7-8-28(17(3)14-27)24-26-21-6-5-20(25)13-22(21)31-24/h5-6,9-11,13,17H,4,7-8,12,14-15H2,1-3H3/t17-/m1/s1. The number of rotatable bonds is 6. The third-order valence-corrected chi connectivity index (χ3v) is 6.84. The average molecular weight is 458 g/mol. The predicted molar refractivity (Wildman–Crippen MR) is 128 cm³/mol. The molecular weight excluding hydrogens is 430 g/mol. The second-order valence-electron chi connectivity index (χ2n) is 8.19. The molecule has 0 N–H and O–H groups in total. The number of thiazole rings is 1. The molecular formula is C24H28ClN3O2S. The van der Waals surface area contributed by atoms with E-state index in [2.05, 4.69) is 41.8 Å². The SMILES string of the molecule is CCOC(=O)Cc1cc(C)cc(CN2CCN(c3nc4ccc(Cl)cc4s3)[C@H](C)C2)c1. The highest BCUT2D eigenvalue weighted by molar-refractivity contribution is 7.22. The fraction of sp³-hybridized carbons (Fsp3) is 0.417. The number of aryl methyl sites for hydroxylation is 1. The molecule has 1 saturated heterocycles. The molecule has 4 rings (SSSR count). The zero-order chi connectivity index (χ0) is 22.0. The Morgan fingerprint density at radius 1 is 1.23 bits per heavy atom. The van der Waals surface area contributed by atoms with Gasteiger partial charge in [0.25, 0.3) is 0 Å². The van der Waals surface area contributed by atoms with E-state index in [4.69, 9.17) is 21.3 Å². The molecule has 3 aromatic rings. The number of aromatic nitrogens is 1. The first-order valence-electron chi connectivity index (χ1n) is 10.7. The van der Waals surface area contributed by atoms with Crippen LogP contribution in [0.15, 0.2) is 36.4 Å². The molecule has 0 unspecified atom stereocenters. The van der Waals surface area contributed by atoms with Crippen LogP contribution in [0.3, 0.4) is 0 Å². The van der Waals surface area contributed by atoms with Gasteiger partial charge in [0.1, 0.15) is 0 Å². The van der Waals surface area contributed by atoms with Gasteiger partial charge in [-0.05, 0) is 50.1 Å². The van der Waals surface area contributed by atoms with Crippen LogP contribution in [0, 0.1) is 6.92 Å². The number of halogens is 1. The van der Waals surface area contributed by atoms with Crippen molar-refractivity contribution in [2.75, 3.05) is 31.1 Å². The van der Waals surface area contributed by atoms with Crippen molar-refractivity contribution >= 4 is 44.3 Å². The topological polar surface area (TPSA) is 45.7 Å². The molecule has 0 radical (unpaired) electrons. The Labute approximate surface area is 192 Å². The maximum absolute atomic E-state index is 11.9. The Bertz CT molecular complexity index is 1080. The van der Waals surface area contributed by atoms with Gasteiger partial charge in [-0.15, -0.1) is 0 Å². The molecule has 0 amide bonds. The number of hydrogen-bond acceptors (Lipinski definition) is 6. The van der Waals surface area contributed by atoms with Crippen molar-refractivity contribution in [3.8, 4) is 0 Å². The molecule has 31 heavy (non-hydrogen) atoms. The van der Waals surface area contributed by atoms with Gasteiger partial charge in [0, 0.05) is 37.2 Å². The summed E-state index contributed by atoms with van der Waals surface area (Å²) in [6.45, 7) is 10.4. The lowest BCUT2D eigenvalue weighted by molar-refractivity contribution is -0.142. The van der Waals surface area contributed by atoms with Crippen LogP contribution in [0.1, 0.15) is 30.5 Å². The highest BCUT2D eigenvalue weighted by Crippen LogP contribution is 2.32. The van der Waals surface area contributed by atoms with Crippen molar-refractivity contribution in [3.05, 3.63) is 58.1 Å². The summed E-state index contributed by atoms with van der Waals surface area (Å²) in [7, 11) is 0. The maximum Gasteiger partial charge on any atom is 0.310 e. The first-order valence-corrected chi connectivity index (χ1v) is 11.9. The number of piperazine rings is 1. The van der Waals surface area contributed by atoms with Crippen LogP contribution in [-0.2, 0) is 22.5 Å². The van der Waals surface area contributed by atoms with E-state index >= 15 is 0 Å². The molecule has 7 heteroatoms. The Hall–Kier alpha value is -2.15. The van der Waals surface area contributed by atoms with E-state index in [0.29, 0.717) is 19.1 Å². The molecule has 164 valence electrons. The van der Waals surface area contributed by atoms with Gasteiger partial charge < -0.3 is 9.64 Å². The Morgan fingerprint density at radius 3 is 2.81 bits per heavy atom. The van der Waals surface area contributed by atoms with Gasteiger partial charge in [0.15, 0.2) is 5.13 Å². The highest BCUT2D eigenvalue weighted by atomic mass is 35.5. The summed E-state index contributed by atoms with van der Waals surface area (Å²) in [4.78, 5) is 21.6. The van der Waals surface area contributed by atoms with E-state index in [9.17, 15) is 4.79 Å². The van der Waals surface area contributed by atoms with Gasteiger partial charge in [0.05, 0.1) is 23.2 Å². The van der Waals surface area contributed by atoms with Crippen molar-refractivity contribution in [1.82, 2.24) is 9.88 Å². The number of anilines is 1. The van der Waals surface area contributed by atoms with Crippen molar-refractivity contribution in [2.24, 2.45) is 0 Å². The summed E-state index contributed by atoms with van der Waals surface area (Å²) in [5.41, 5.74) is 4.45. The second kappa shape index (κ2) is 9.55.